The molecule has 1 aliphatic carbocycles. The van der Waals surface area contributed by atoms with Crippen molar-refractivity contribution in [2.24, 2.45) is 5.41 Å². The first kappa shape index (κ1) is 21.2. The van der Waals surface area contributed by atoms with Crippen LogP contribution >= 0.6 is 11.9 Å². The highest BCUT2D eigenvalue weighted by atomic mass is 32.2. The van der Waals surface area contributed by atoms with Gasteiger partial charge in [-0.1, -0.05) is 24.1 Å². The smallest absolute Gasteiger partial charge is 0.248 e. The zero-order valence-electron chi connectivity index (χ0n) is 18.1. The van der Waals surface area contributed by atoms with Crippen molar-refractivity contribution in [2.75, 3.05) is 42.7 Å². The molecule has 0 unspecified atom stereocenters. The highest BCUT2D eigenvalue weighted by Gasteiger charge is 2.46. The maximum absolute atomic E-state index is 13.7. The first-order valence-corrected chi connectivity index (χ1v) is 12.6. The monoisotopic (exact) mass is 447 g/mol. The zero-order valence-corrected chi connectivity index (χ0v) is 18.9. The van der Waals surface area contributed by atoms with E-state index >= 15 is 0 Å². The van der Waals surface area contributed by atoms with Crippen molar-refractivity contribution in [1.29, 1.82) is 0 Å². The number of nitrogens with one attached hydrogen (secondary N) is 1. The second-order valence-corrected chi connectivity index (χ2v) is 10.3. The molecule has 1 aromatic heterocycles. The molecule has 2 aromatic rings. The Morgan fingerprint density at radius 1 is 1.06 bits per heavy atom. The van der Waals surface area contributed by atoms with E-state index in [2.05, 4.69) is 31.8 Å². The van der Waals surface area contributed by atoms with Gasteiger partial charge in [0.05, 0.1) is 11.2 Å². The van der Waals surface area contributed by atoms with Crippen LogP contribution in [-0.2, 0) is 0 Å². The van der Waals surface area contributed by atoms with Gasteiger partial charge in [-0.25, -0.2) is 18.7 Å². The van der Waals surface area contributed by atoms with E-state index in [1.54, 1.807) is 0 Å². The molecule has 2 aliphatic heterocycles. The van der Waals surface area contributed by atoms with Crippen LogP contribution in [0.4, 0.5) is 20.4 Å². The minimum absolute atomic E-state index is 0.0297. The van der Waals surface area contributed by atoms with Gasteiger partial charge in [-0.05, 0) is 49.8 Å². The van der Waals surface area contributed by atoms with Crippen molar-refractivity contribution in [3.05, 3.63) is 24.4 Å². The van der Waals surface area contributed by atoms with Crippen LogP contribution in [0.15, 0.2) is 24.4 Å². The van der Waals surface area contributed by atoms with Gasteiger partial charge in [0.1, 0.15) is 0 Å². The van der Waals surface area contributed by atoms with E-state index in [-0.39, 0.29) is 18.3 Å². The predicted molar refractivity (Wildman–Crippen MR) is 124 cm³/mol. The molecule has 3 heterocycles. The lowest BCUT2D eigenvalue weighted by Crippen LogP contribution is -2.36. The van der Waals surface area contributed by atoms with Gasteiger partial charge < -0.3 is 10.2 Å². The number of aromatic nitrogens is 2. The van der Waals surface area contributed by atoms with Crippen LogP contribution < -0.4 is 10.2 Å². The fraction of sp³-hybridized carbons (Fsp3) is 0.652. The number of nitrogens with zero attached hydrogens (tertiary/aromatic N) is 4. The average molecular weight is 448 g/mol. The van der Waals surface area contributed by atoms with Crippen LogP contribution in [-0.4, -0.2) is 58.7 Å². The van der Waals surface area contributed by atoms with Crippen LogP contribution in [0.3, 0.4) is 0 Å². The first-order valence-electron chi connectivity index (χ1n) is 11.4. The Labute approximate surface area is 187 Å². The molecule has 0 bridgehead atoms. The van der Waals surface area contributed by atoms with E-state index in [1.165, 1.54) is 0 Å². The summed E-state index contributed by atoms with van der Waals surface area (Å²) in [5, 5.41) is 4.57. The van der Waals surface area contributed by atoms with Gasteiger partial charge in [0.2, 0.25) is 11.9 Å². The number of piperidine rings is 1. The lowest BCUT2D eigenvalue weighted by Gasteiger charge is -2.37. The SMILES string of the molecule is CSN1CCC(Nc2ncc3cccc(N4CCC5(CCC(F)(F)CC5)C4)c3n2)CC1. The van der Waals surface area contributed by atoms with Crippen molar-refractivity contribution in [1.82, 2.24) is 14.3 Å². The quantitative estimate of drug-likeness (QED) is 0.651. The number of halogens is 2. The maximum Gasteiger partial charge on any atom is 0.248 e. The number of hydrogen-bond acceptors (Lipinski definition) is 6. The molecule has 3 aliphatic rings. The Kier molecular flexibility index (Phi) is 5.71. The molecular formula is C23H31F2N5S. The standard InChI is InChI=1S/C23H31F2N5S/c1-31-30-12-5-18(6-13-30)27-21-26-15-17-3-2-4-19(20(17)28-21)29-14-11-22(16-29)7-9-23(24,25)10-8-22/h2-4,15,18H,5-14,16H2,1H3,(H,26,27,28). The van der Waals surface area contributed by atoms with Crippen LogP contribution in [0, 0.1) is 5.41 Å². The summed E-state index contributed by atoms with van der Waals surface area (Å²) in [6.07, 6.45) is 8.50. The van der Waals surface area contributed by atoms with Gasteiger partial charge in [-0.3, -0.25) is 4.31 Å². The summed E-state index contributed by atoms with van der Waals surface area (Å²) in [5.74, 6) is -1.79. The first-order chi connectivity index (χ1) is 15.0. The van der Waals surface area contributed by atoms with Gasteiger partial charge in [-0.15, -0.1) is 0 Å². The topological polar surface area (TPSA) is 44.3 Å². The third-order valence-corrected chi connectivity index (χ3v) is 8.34. The Morgan fingerprint density at radius 3 is 2.58 bits per heavy atom. The lowest BCUT2D eigenvalue weighted by molar-refractivity contribution is -0.0627. The highest BCUT2D eigenvalue weighted by molar-refractivity contribution is 7.96. The normalized spacial score (nSPS) is 24.2. The molecule has 2 saturated heterocycles. The predicted octanol–water partition coefficient (Wildman–Crippen LogP) is 5.19. The number of rotatable bonds is 4. The molecule has 168 valence electrons. The third kappa shape index (κ3) is 4.46. The van der Waals surface area contributed by atoms with Crippen molar-refractivity contribution >= 4 is 34.5 Å². The Morgan fingerprint density at radius 2 is 1.84 bits per heavy atom. The van der Waals surface area contributed by atoms with Crippen LogP contribution in [0.1, 0.15) is 44.9 Å². The van der Waals surface area contributed by atoms with Gasteiger partial charge >= 0.3 is 0 Å². The zero-order chi connectivity index (χ0) is 21.5. The molecule has 1 N–H and O–H groups in total. The van der Waals surface area contributed by atoms with E-state index in [1.807, 2.05) is 30.3 Å². The molecule has 5 rings (SSSR count). The van der Waals surface area contributed by atoms with Crippen LogP contribution in [0.2, 0.25) is 0 Å². The molecule has 0 amide bonds. The minimum Gasteiger partial charge on any atom is -0.369 e. The summed E-state index contributed by atoms with van der Waals surface area (Å²) in [4.78, 5) is 11.8. The summed E-state index contributed by atoms with van der Waals surface area (Å²) in [5.41, 5.74) is 2.09. The van der Waals surface area contributed by atoms with E-state index in [0.717, 1.165) is 62.0 Å². The Hall–Kier alpha value is -1.67. The number of hydrogen-bond donors (Lipinski definition) is 1. The number of alkyl halides is 2. The minimum atomic E-state index is -2.47. The second-order valence-electron chi connectivity index (χ2n) is 9.47. The van der Waals surface area contributed by atoms with Gasteiger partial charge in [0.15, 0.2) is 0 Å². The molecule has 5 nitrogen and oxygen atoms in total. The largest absolute Gasteiger partial charge is 0.369 e. The molecular weight excluding hydrogens is 416 g/mol. The van der Waals surface area contributed by atoms with Gasteiger partial charge in [-0.2, -0.15) is 0 Å². The van der Waals surface area contributed by atoms with Crippen LogP contribution in [0.25, 0.3) is 10.9 Å². The van der Waals surface area contributed by atoms with E-state index in [4.69, 9.17) is 4.98 Å². The number of para-hydroxylation sites is 1. The molecule has 0 radical (unpaired) electrons. The third-order valence-electron chi connectivity index (χ3n) is 7.46. The molecule has 1 saturated carbocycles. The van der Waals surface area contributed by atoms with E-state index < -0.39 is 5.92 Å². The summed E-state index contributed by atoms with van der Waals surface area (Å²) in [7, 11) is 0. The number of anilines is 2. The number of fused-ring (bicyclic) bond motifs is 1. The van der Waals surface area contributed by atoms with E-state index in [0.29, 0.717) is 24.8 Å². The van der Waals surface area contributed by atoms with Gasteiger partial charge in [0.25, 0.3) is 0 Å². The Balaban J connectivity index is 1.33. The Bertz CT molecular complexity index is 921. The van der Waals surface area contributed by atoms with Crippen molar-refractivity contribution in [2.45, 2.75) is 56.9 Å². The summed E-state index contributed by atoms with van der Waals surface area (Å²) in [6.45, 7) is 3.91. The summed E-state index contributed by atoms with van der Waals surface area (Å²) < 4.78 is 29.8. The summed E-state index contributed by atoms with van der Waals surface area (Å²) in [6, 6.07) is 6.61. The molecule has 0 atom stereocenters. The van der Waals surface area contributed by atoms with Gasteiger partial charge in [0, 0.05) is 56.6 Å². The van der Waals surface area contributed by atoms with Crippen molar-refractivity contribution < 1.29 is 8.78 Å². The average Bonchev–Trinajstić information content (AvgIpc) is 3.20. The van der Waals surface area contributed by atoms with Crippen molar-refractivity contribution in [3.63, 3.8) is 0 Å². The molecule has 1 aromatic carbocycles. The molecule has 31 heavy (non-hydrogen) atoms. The highest BCUT2D eigenvalue weighted by Crippen LogP contribution is 2.49. The molecule has 3 fully saturated rings. The number of benzene rings is 1. The van der Waals surface area contributed by atoms with E-state index in [9.17, 15) is 8.78 Å². The summed E-state index contributed by atoms with van der Waals surface area (Å²) >= 11 is 1.81. The molecule has 1 spiro atoms. The van der Waals surface area contributed by atoms with Crippen LogP contribution in [0.5, 0.6) is 0 Å². The molecule has 8 heteroatoms. The maximum atomic E-state index is 13.7. The fourth-order valence-corrected chi connectivity index (χ4v) is 6.00. The fourth-order valence-electron chi connectivity index (χ4n) is 5.43. The van der Waals surface area contributed by atoms with Crippen molar-refractivity contribution in [3.8, 4) is 0 Å². The lowest BCUT2D eigenvalue weighted by atomic mass is 9.72. The second kappa shape index (κ2) is 8.35.